The Morgan fingerprint density at radius 1 is 1.25 bits per heavy atom. The van der Waals surface area contributed by atoms with Gasteiger partial charge in [0.05, 0.1) is 5.69 Å². The third kappa shape index (κ3) is 2.26. The molecule has 0 saturated carbocycles. The lowest BCUT2D eigenvalue weighted by molar-refractivity contribution is -0.116. The van der Waals surface area contributed by atoms with Gasteiger partial charge in [0, 0.05) is 28.8 Å². The summed E-state index contributed by atoms with van der Waals surface area (Å²) >= 11 is 1.66. The summed E-state index contributed by atoms with van der Waals surface area (Å²) in [6.07, 6.45) is 0.403. The topological polar surface area (TPSA) is 92.7 Å². The maximum absolute atomic E-state index is 12.3. The Balaban J connectivity index is 1.90. The summed E-state index contributed by atoms with van der Waals surface area (Å²) in [5.74, 6) is 1.03. The lowest BCUT2D eigenvalue weighted by atomic mass is 9.89. The van der Waals surface area contributed by atoms with Crippen molar-refractivity contribution in [3.8, 4) is 5.82 Å². The number of hydrogen-bond donors (Lipinski definition) is 2. The summed E-state index contributed by atoms with van der Waals surface area (Å²) in [6, 6.07) is 5.03. The normalized spacial score (nSPS) is 16.8. The van der Waals surface area contributed by atoms with Gasteiger partial charge in [0.2, 0.25) is 5.91 Å². The molecule has 0 spiro atoms. The number of rotatable bonds is 2. The predicted octanol–water partition coefficient (Wildman–Crippen LogP) is 2.11. The molecule has 24 heavy (non-hydrogen) atoms. The zero-order valence-electron chi connectivity index (χ0n) is 13.2. The van der Waals surface area contributed by atoms with Crippen LogP contribution in [0.5, 0.6) is 0 Å². The van der Waals surface area contributed by atoms with E-state index in [2.05, 4.69) is 33.6 Å². The molecular weight excluding hydrogens is 326 g/mol. The fraction of sp³-hybridized carbons (Fsp3) is 0.250. The number of thiophene rings is 1. The van der Waals surface area contributed by atoms with Crippen molar-refractivity contribution in [2.45, 2.75) is 26.2 Å². The first-order chi connectivity index (χ1) is 11.5. The first-order valence-corrected chi connectivity index (χ1v) is 8.42. The van der Waals surface area contributed by atoms with Crippen molar-refractivity contribution in [3.63, 3.8) is 0 Å². The van der Waals surface area contributed by atoms with Gasteiger partial charge in [-0.15, -0.1) is 11.3 Å². The van der Waals surface area contributed by atoms with E-state index in [-0.39, 0.29) is 17.4 Å². The van der Waals surface area contributed by atoms with Gasteiger partial charge in [-0.25, -0.2) is 5.10 Å². The number of carbonyl (C=O) groups is 1. The lowest BCUT2D eigenvalue weighted by Gasteiger charge is -2.23. The minimum atomic E-state index is -0.285. The fourth-order valence-electron chi connectivity index (χ4n) is 3.13. The maximum atomic E-state index is 12.3. The van der Waals surface area contributed by atoms with Crippen LogP contribution in [0.15, 0.2) is 28.4 Å². The molecular formula is C16H15N5O2S. The number of fused-ring (bicyclic) bond motifs is 1. The standard InChI is InChI=1S/C16H15N5O2S/c1-8-5-6-24-15(8)10-7-13(23)17-16-14(10)9(2)20-21(16)11-3-4-12(22)19-18-11/h3-6,10H,7H2,1-2H3,(H,17,23)(H,19,22)/t10-/m1/s1. The molecule has 122 valence electrons. The first-order valence-electron chi connectivity index (χ1n) is 7.54. The van der Waals surface area contributed by atoms with Gasteiger partial charge >= 0.3 is 0 Å². The highest BCUT2D eigenvalue weighted by Crippen LogP contribution is 2.42. The van der Waals surface area contributed by atoms with Gasteiger partial charge in [-0.3, -0.25) is 9.59 Å². The van der Waals surface area contributed by atoms with Crippen LogP contribution in [0.1, 0.15) is 34.0 Å². The minimum absolute atomic E-state index is 0.00902. The van der Waals surface area contributed by atoms with Crippen molar-refractivity contribution in [1.29, 1.82) is 0 Å². The van der Waals surface area contributed by atoms with E-state index in [1.54, 1.807) is 22.1 Å². The number of carbonyl (C=O) groups excluding carboxylic acids is 1. The molecule has 3 aromatic heterocycles. The van der Waals surface area contributed by atoms with Crippen molar-refractivity contribution >= 4 is 23.1 Å². The molecule has 0 aliphatic carbocycles. The minimum Gasteiger partial charge on any atom is -0.310 e. The van der Waals surface area contributed by atoms with Gasteiger partial charge in [-0.2, -0.15) is 14.9 Å². The maximum Gasteiger partial charge on any atom is 0.264 e. The van der Waals surface area contributed by atoms with Crippen molar-refractivity contribution in [3.05, 3.63) is 55.6 Å². The molecule has 7 nitrogen and oxygen atoms in total. The Hall–Kier alpha value is -2.74. The molecule has 2 N–H and O–H groups in total. The quantitative estimate of drug-likeness (QED) is 0.746. The average molecular weight is 341 g/mol. The Morgan fingerprint density at radius 3 is 2.75 bits per heavy atom. The van der Waals surface area contributed by atoms with E-state index in [0.717, 1.165) is 11.3 Å². The van der Waals surface area contributed by atoms with Crippen molar-refractivity contribution in [1.82, 2.24) is 20.0 Å². The summed E-state index contributed by atoms with van der Waals surface area (Å²) in [5, 5.41) is 15.9. The second kappa shape index (κ2) is 5.41. The first kappa shape index (κ1) is 14.8. The molecule has 1 aliphatic heterocycles. The van der Waals surface area contributed by atoms with E-state index in [4.69, 9.17) is 0 Å². The molecule has 0 unspecified atom stereocenters. The van der Waals surface area contributed by atoms with Crippen LogP contribution in [0.3, 0.4) is 0 Å². The van der Waals surface area contributed by atoms with Crippen LogP contribution in [-0.4, -0.2) is 25.9 Å². The molecule has 0 saturated heterocycles. The molecule has 4 rings (SSSR count). The Bertz CT molecular complexity index is 980. The molecule has 0 radical (unpaired) electrons. The van der Waals surface area contributed by atoms with E-state index in [1.165, 1.54) is 16.5 Å². The number of nitrogens with one attached hydrogen (secondary N) is 2. The summed E-state index contributed by atoms with van der Waals surface area (Å²) < 4.78 is 1.58. The summed E-state index contributed by atoms with van der Waals surface area (Å²) in [5.41, 5.74) is 2.75. The molecule has 3 aromatic rings. The summed E-state index contributed by atoms with van der Waals surface area (Å²) in [6.45, 7) is 3.98. The van der Waals surface area contributed by atoms with Crippen LogP contribution in [0.25, 0.3) is 5.82 Å². The third-order valence-electron chi connectivity index (χ3n) is 4.20. The monoisotopic (exact) mass is 341 g/mol. The number of nitrogens with zero attached hydrogens (tertiary/aromatic N) is 3. The molecule has 1 amide bonds. The number of hydrogen-bond acceptors (Lipinski definition) is 5. The second-order valence-corrected chi connectivity index (χ2v) is 6.76. The Kier molecular flexibility index (Phi) is 3.34. The second-order valence-electron chi connectivity index (χ2n) is 5.81. The van der Waals surface area contributed by atoms with E-state index in [1.807, 2.05) is 12.3 Å². The number of aryl methyl sites for hydroxylation is 2. The third-order valence-corrected chi connectivity index (χ3v) is 5.33. The summed E-state index contributed by atoms with van der Waals surface area (Å²) in [7, 11) is 0. The smallest absolute Gasteiger partial charge is 0.264 e. The Morgan fingerprint density at radius 2 is 2.08 bits per heavy atom. The van der Waals surface area contributed by atoms with E-state index in [9.17, 15) is 9.59 Å². The van der Waals surface area contributed by atoms with Crippen LogP contribution < -0.4 is 10.9 Å². The van der Waals surface area contributed by atoms with Crippen molar-refractivity contribution in [2.75, 3.05) is 5.32 Å². The van der Waals surface area contributed by atoms with Crippen LogP contribution in [0, 0.1) is 13.8 Å². The van der Waals surface area contributed by atoms with Gasteiger partial charge < -0.3 is 5.32 Å². The number of aromatic nitrogens is 4. The van der Waals surface area contributed by atoms with E-state index < -0.39 is 0 Å². The molecule has 0 bridgehead atoms. The lowest BCUT2D eigenvalue weighted by Crippen LogP contribution is -2.25. The zero-order valence-corrected chi connectivity index (χ0v) is 14.0. The molecule has 1 atom stereocenters. The van der Waals surface area contributed by atoms with Gasteiger partial charge in [-0.05, 0) is 36.9 Å². The van der Waals surface area contributed by atoms with Crippen molar-refractivity contribution < 1.29 is 4.79 Å². The number of aromatic amines is 1. The zero-order chi connectivity index (χ0) is 16.8. The summed E-state index contributed by atoms with van der Waals surface area (Å²) in [4.78, 5) is 24.7. The highest BCUT2D eigenvalue weighted by molar-refractivity contribution is 7.10. The fourth-order valence-corrected chi connectivity index (χ4v) is 4.17. The van der Waals surface area contributed by atoms with Gasteiger partial charge in [0.15, 0.2) is 5.82 Å². The highest BCUT2D eigenvalue weighted by Gasteiger charge is 2.34. The van der Waals surface area contributed by atoms with Gasteiger partial charge in [-0.1, -0.05) is 0 Å². The average Bonchev–Trinajstić information content (AvgIpc) is 3.11. The van der Waals surface area contributed by atoms with Crippen molar-refractivity contribution in [2.24, 2.45) is 0 Å². The Labute approximate surface area is 141 Å². The molecule has 8 heteroatoms. The molecule has 0 aromatic carbocycles. The van der Waals surface area contributed by atoms with Crippen LogP contribution >= 0.6 is 11.3 Å². The van der Waals surface area contributed by atoms with Crippen LogP contribution in [0.2, 0.25) is 0 Å². The van der Waals surface area contributed by atoms with Gasteiger partial charge in [0.1, 0.15) is 5.82 Å². The molecule has 1 aliphatic rings. The number of H-pyrrole nitrogens is 1. The predicted molar refractivity (Wildman–Crippen MR) is 90.9 cm³/mol. The highest BCUT2D eigenvalue weighted by atomic mass is 32.1. The van der Waals surface area contributed by atoms with Crippen LogP contribution in [0.4, 0.5) is 5.82 Å². The molecule has 0 fully saturated rings. The van der Waals surface area contributed by atoms with E-state index in [0.29, 0.717) is 18.1 Å². The SMILES string of the molecule is Cc1ccsc1[C@@H]1CC(=O)Nc2c1c(C)nn2-c1ccc(=O)[nH]n1. The largest absolute Gasteiger partial charge is 0.310 e. The van der Waals surface area contributed by atoms with Gasteiger partial charge in [0.25, 0.3) is 5.56 Å². The number of anilines is 1. The van der Waals surface area contributed by atoms with Crippen LogP contribution in [-0.2, 0) is 4.79 Å². The molecule has 4 heterocycles. The van der Waals surface area contributed by atoms with E-state index >= 15 is 0 Å². The number of amides is 1.